The number of hydrogen-bond donors (Lipinski definition) is 1. The molecule has 1 aliphatic heterocycles. The third-order valence-corrected chi connectivity index (χ3v) is 5.83. The maximum absolute atomic E-state index is 4.95. The fourth-order valence-corrected chi connectivity index (χ4v) is 4.71. The topological polar surface area (TPSA) is 28.2 Å². The number of benzene rings is 1. The predicted octanol–water partition coefficient (Wildman–Crippen LogP) is 3.47. The summed E-state index contributed by atoms with van der Waals surface area (Å²) in [5.41, 5.74) is 2.35. The third-order valence-electron chi connectivity index (χ3n) is 3.58. The van der Waals surface area contributed by atoms with Crippen LogP contribution in [0.1, 0.15) is 11.8 Å². The van der Waals surface area contributed by atoms with Crippen LogP contribution in [-0.4, -0.2) is 36.1 Å². The summed E-state index contributed by atoms with van der Waals surface area (Å²) in [7, 11) is 1.99. The molecule has 1 aromatic heterocycles. The molecule has 21 heavy (non-hydrogen) atoms. The second-order valence-corrected chi connectivity index (χ2v) is 7.90. The largest absolute Gasteiger partial charge is 0.346 e. The lowest BCUT2D eigenvalue weighted by Gasteiger charge is -2.30. The van der Waals surface area contributed by atoms with Gasteiger partial charge in [-0.3, -0.25) is 0 Å². The van der Waals surface area contributed by atoms with Crippen LogP contribution in [0.5, 0.6) is 0 Å². The van der Waals surface area contributed by atoms with Crippen molar-refractivity contribution in [3.63, 3.8) is 0 Å². The van der Waals surface area contributed by atoms with E-state index >= 15 is 0 Å². The van der Waals surface area contributed by atoms with Crippen molar-refractivity contribution >= 4 is 28.2 Å². The summed E-state index contributed by atoms with van der Waals surface area (Å²) < 4.78 is 0. The Hall–Kier alpha value is -1.04. The maximum Gasteiger partial charge on any atom is 0.186 e. The van der Waals surface area contributed by atoms with Crippen molar-refractivity contribution in [1.29, 1.82) is 0 Å². The number of thiazole rings is 1. The summed E-state index contributed by atoms with van der Waals surface area (Å²) in [5.74, 6) is 1.20. The van der Waals surface area contributed by atoms with Crippen molar-refractivity contribution in [3.05, 3.63) is 35.2 Å². The first-order valence-corrected chi connectivity index (χ1v) is 9.20. The van der Waals surface area contributed by atoms with Crippen LogP contribution < -0.4 is 10.2 Å². The monoisotopic (exact) mass is 319 g/mol. The summed E-state index contributed by atoms with van der Waals surface area (Å²) in [6, 6.07) is 10.5. The van der Waals surface area contributed by atoms with E-state index in [1.807, 2.05) is 18.4 Å². The highest BCUT2D eigenvalue weighted by molar-refractivity contribution is 8.00. The van der Waals surface area contributed by atoms with Crippen molar-refractivity contribution < 1.29 is 0 Å². The van der Waals surface area contributed by atoms with Crippen LogP contribution in [0.4, 0.5) is 5.13 Å². The molecule has 112 valence electrons. The first kappa shape index (κ1) is 14.9. The molecule has 1 aromatic carbocycles. The minimum absolute atomic E-state index is 0.690. The van der Waals surface area contributed by atoms with Crippen molar-refractivity contribution in [3.8, 4) is 11.3 Å². The van der Waals surface area contributed by atoms with Crippen molar-refractivity contribution in [1.82, 2.24) is 10.3 Å². The number of anilines is 1. The van der Waals surface area contributed by atoms with Crippen LogP contribution in [-0.2, 0) is 6.54 Å². The highest BCUT2D eigenvalue weighted by Crippen LogP contribution is 2.34. The van der Waals surface area contributed by atoms with Crippen molar-refractivity contribution in [2.24, 2.45) is 0 Å². The second kappa shape index (κ2) is 6.81. The minimum atomic E-state index is 0.690. The van der Waals surface area contributed by atoms with Gasteiger partial charge in [-0.25, -0.2) is 4.98 Å². The Morgan fingerprint density at radius 1 is 1.33 bits per heavy atom. The van der Waals surface area contributed by atoms with Gasteiger partial charge in [0.05, 0.1) is 5.69 Å². The van der Waals surface area contributed by atoms with Gasteiger partial charge in [0, 0.05) is 41.1 Å². The molecule has 1 saturated heterocycles. The van der Waals surface area contributed by atoms with Gasteiger partial charge in [0.25, 0.3) is 0 Å². The van der Waals surface area contributed by atoms with Crippen LogP contribution in [0.3, 0.4) is 0 Å². The summed E-state index contributed by atoms with van der Waals surface area (Å²) >= 11 is 3.89. The number of nitrogens with one attached hydrogen (secondary N) is 1. The first-order valence-electron chi connectivity index (χ1n) is 7.34. The standard InChI is InChI=1S/C16H21N3S2/c1-12-11-19(8-9-20-12)16-18-15(14(21-16)10-17-2)13-6-4-3-5-7-13/h3-7,12,17H,8-11H2,1-2H3. The van der Waals surface area contributed by atoms with Gasteiger partial charge in [-0.1, -0.05) is 48.6 Å². The van der Waals surface area contributed by atoms with E-state index in [2.05, 4.69) is 59.2 Å². The molecule has 3 nitrogen and oxygen atoms in total. The Morgan fingerprint density at radius 2 is 2.14 bits per heavy atom. The summed E-state index contributed by atoms with van der Waals surface area (Å²) in [6.45, 7) is 5.39. The Bertz CT molecular complexity index is 582. The fraction of sp³-hybridized carbons (Fsp3) is 0.438. The minimum Gasteiger partial charge on any atom is -0.346 e. The zero-order valence-corrected chi connectivity index (χ0v) is 14.1. The van der Waals surface area contributed by atoms with E-state index in [4.69, 9.17) is 4.98 Å². The van der Waals surface area contributed by atoms with Crippen LogP contribution in [0.15, 0.2) is 30.3 Å². The average Bonchev–Trinajstić information content (AvgIpc) is 2.93. The molecule has 3 rings (SSSR count). The van der Waals surface area contributed by atoms with Crippen LogP contribution in [0.2, 0.25) is 0 Å². The number of rotatable bonds is 4. The molecule has 0 aliphatic carbocycles. The van der Waals surface area contributed by atoms with E-state index in [0.29, 0.717) is 5.25 Å². The second-order valence-electron chi connectivity index (χ2n) is 5.29. The molecule has 1 aliphatic rings. The zero-order valence-electron chi connectivity index (χ0n) is 12.5. The highest BCUT2D eigenvalue weighted by atomic mass is 32.2. The molecule has 1 fully saturated rings. The molecule has 5 heteroatoms. The molecule has 2 aromatic rings. The van der Waals surface area contributed by atoms with Crippen LogP contribution >= 0.6 is 23.1 Å². The summed E-state index contributed by atoms with van der Waals surface area (Å²) in [5, 5.41) is 5.13. The Morgan fingerprint density at radius 3 is 2.86 bits per heavy atom. The van der Waals surface area contributed by atoms with Gasteiger partial charge in [-0.15, -0.1) is 0 Å². The van der Waals surface area contributed by atoms with E-state index in [1.54, 1.807) is 0 Å². The van der Waals surface area contributed by atoms with Gasteiger partial charge in [0.2, 0.25) is 0 Å². The number of hydrogen-bond acceptors (Lipinski definition) is 5. The molecule has 0 saturated carbocycles. The quantitative estimate of drug-likeness (QED) is 0.934. The van der Waals surface area contributed by atoms with E-state index in [0.717, 1.165) is 25.3 Å². The molecule has 0 spiro atoms. The van der Waals surface area contributed by atoms with Crippen LogP contribution in [0, 0.1) is 0 Å². The molecule has 1 atom stereocenters. The van der Waals surface area contributed by atoms with E-state index in [-0.39, 0.29) is 0 Å². The highest BCUT2D eigenvalue weighted by Gasteiger charge is 2.21. The van der Waals surface area contributed by atoms with Crippen molar-refractivity contribution in [2.45, 2.75) is 18.7 Å². The molecule has 0 radical (unpaired) electrons. The summed E-state index contributed by atoms with van der Waals surface area (Å²) in [6.07, 6.45) is 0. The van der Waals surface area contributed by atoms with Crippen LogP contribution in [0.25, 0.3) is 11.3 Å². The first-order chi connectivity index (χ1) is 10.3. The van der Waals surface area contributed by atoms with Gasteiger partial charge in [-0.05, 0) is 7.05 Å². The molecule has 1 unspecified atom stereocenters. The Balaban J connectivity index is 1.92. The zero-order chi connectivity index (χ0) is 14.7. The number of thioether (sulfide) groups is 1. The van der Waals surface area contributed by atoms with E-state index < -0.39 is 0 Å². The lowest BCUT2D eigenvalue weighted by Crippen LogP contribution is -2.36. The predicted molar refractivity (Wildman–Crippen MR) is 94.4 cm³/mol. The molecular formula is C16H21N3S2. The fourth-order valence-electron chi connectivity index (χ4n) is 2.57. The number of aromatic nitrogens is 1. The molecule has 1 N–H and O–H groups in total. The Labute approximate surface area is 134 Å². The van der Waals surface area contributed by atoms with E-state index in [9.17, 15) is 0 Å². The lowest BCUT2D eigenvalue weighted by atomic mass is 10.1. The molecular weight excluding hydrogens is 298 g/mol. The van der Waals surface area contributed by atoms with Gasteiger partial charge in [-0.2, -0.15) is 11.8 Å². The average molecular weight is 319 g/mol. The van der Waals surface area contributed by atoms with Gasteiger partial charge in [0.15, 0.2) is 5.13 Å². The molecule has 0 bridgehead atoms. The van der Waals surface area contributed by atoms with Gasteiger partial charge < -0.3 is 10.2 Å². The maximum atomic E-state index is 4.95. The van der Waals surface area contributed by atoms with Gasteiger partial charge in [0.1, 0.15) is 0 Å². The number of nitrogens with zero attached hydrogens (tertiary/aromatic N) is 2. The van der Waals surface area contributed by atoms with Gasteiger partial charge >= 0.3 is 0 Å². The third kappa shape index (κ3) is 3.42. The lowest BCUT2D eigenvalue weighted by molar-refractivity contribution is 0.779. The molecule has 2 heterocycles. The Kier molecular flexibility index (Phi) is 4.83. The summed E-state index contributed by atoms with van der Waals surface area (Å²) in [4.78, 5) is 8.72. The SMILES string of the molecule is CNCc1sc(N2CCSC(C)C2)nc1-c1ccccc1. The van der Waals surface area contributed by atoms with E-state index in [1.165, 1.54) is 21.3 Å². The normalized spacial score (nSPS) is 19.0. The molecule has 0 amide bonds. The smallest absolute Gasteiger partial charge is 0.186 e. The van der Waals surface area contributed by atoms with Crippen molar-refractivity contribution in [2.75, 3.05) is 30.8 Å².